The van der Waals surface area contributed by atoms with E-state index < -0.39 is 16.5 Å². The molecule has 0 amide bonds. The van der Waals surface area contributed by atoms with Gasteiger partial charge >= 0.3 is 0 Å². The van der Waals surface area contributed by atoms with Crippen molar-refractivity contribution >= 4 is 26.9 Å². The molecule has 1 aromatic heterocycles. The highest BCUT2D eigenvalue weighted by Crippen LogP contribution is 2.25. The Balaban J connectivity index is 3.07. The zero-order valence-electron chi connectivity index (χ0n) is 12.0. The van der Waals surface area contributed by atoms with Gasteiger partial charge in [0.1, 0.15) is 4.60 Å². The van der Waals surface area contributed by atoms with Crippen LogP contribution in [-0.4, -0.2) is 27.7 Å². The summed E-state index contributed by atoms with van der Waals surface area (Å²) in [6, 6.07) is 3.81. The van der Waals surface area contributed by atoms with E-state index >= 15 is 0 Å². The first kappa shape index (κ1) is 16.8. The predicted molar refractivity (Wildman–Crippen MR) is 82.2 cm³/mol. The Morgan fingerprint density at radius 1 is 1.42 bits per heavy atom. The summed E-state index contributed by atoms with van der Waals surface area (Å²) in [4.78, 5) is 4.11. The average molecular weight is 349 g/mol. The highest BCUT2D eigenvalue weighted by Gasteiger charge is 2.32. The van der Waals surface area contributed by atoms with Crippen molar-refractivity contribution in [3.8, 4) is 0 Å². The van der Waals surface area contributed by atoms with Gasteiger partial charge in [-0.1, -0.05) is 0 Å². The maximum absolute atomic E-state index is 12.3. The second kappa shape index (κ2) is 6.43. The van der Waals surface area contributed by atoms with Gasteiger partial charge < -0.3 is 4.74 Å². The molecule has 0 saturated carbocycles. The normalized spacial score (nSPS) is 16.9. The fraction of sp³-hybridized carbons (Fsp3) is 0.615. The van der Waals surface area contributed by atoms with E-state index in [1.807, 2.05) is 39.8 Å². The molecule has 0 saturated heterocycles. The summed E-state index contributed by atoms with van der Waals surface area (Å²) >= 11 is 3.36. The van der Waals surface area contributed by atoms with Gasteiger partial charge in [0.15, 0.2) is 0 Å². The first-order valence-corrected chi connectivity index (χ1v) is 7.94. The van der Waals surface area contributed by atoms with E-state index in [2.05, 4.69) is 25.6 Å². The molecule has 0 fully saturated rings. The molecule has 2 atom stereocenters. The average Bonchev–Trinajstić information content (AvgIpc) is 2.28. The van der Waals surface area contributed by atoms with Gasteiger partial charge in [0, 0.05) is 13.3 Å². The molecule has 0 bridgehead atoms. The number of ether oxygens (including phenoxy) is 1. The highest BCUT2D eigenvalue weighted by molar-refractivity contribution is 9.10. The number of halogens is 1. The maximum Gasteiger partial charge on any atom is 0.106 e. The van der Waals surface area contributed by atoms with Crippen LogP contribution in [0.4, 0.5) is 0 Å². The van der Waals surface area contributed by atoms with Crippen LogP contribution in [0.2, 0.25) is 0 Å². The van der Waals surface area contributed by atoms with Gasteiger partial charge in [-0.25, -0.2) is 13.9 Å². The van der Waals surface area contributed by atoms with Crippen molar-refractivity contribution in [2.75, 3.05) is 13.7 Å². The van der Waals surface area contributed by atoms with E-state index in [0.29, 0.717) is 6.61 Å². The molecule has 0 spiro atoms. The van der Waals surface area contributed by atoms with Gasteiger partial charge in [-0.15, -0.1) is 0 Å². The van der Waals surface area contributed by atoms with Crippen LogP contribution in [0.1, 0.15) is 33.3 Å². The Bertz CT molecular complexity index is 462. The monoisotopic (exact) mass is 348 g/mol. The minimum atomic E-state index is -1.18. The van der Waals surface area contributed by atoms with Crippen molar-refractivity contribution in [1.29, 1.82) is 0 Å². The number of nitrogens with one attached hydrogen (secondary N) is 1. The lowest BCUT2D eigenvalue weighted by atomic mass is 9.95. The molecule has 0 radical (unpaired) electrons. The van der Waals surface area contributed by atoms with Crippen LogP contribution in [0.5, 0.6) is 0 Å². The summed E-state index contributed by atoms with van der Waals surface area (Å²) in [5.74, 6) is 0. The molecule has 1 N–H and O–H groups in total. The molecule has 108 valence electrons. The van der Waals surface area contributed by atoms with Crippen LogP contribution in [-0.2, 0) is 21.3 Å². The minimum absolute atomic E-state index is 0.334. The van der Waals surface area contributed by atoms with Gasteiger partial charge in [0.2, 0.25) is 0 Å². The second-order valence-corrected chi connectivity index (χ2v) is 8.39. The standard InChI is InChI=1S/C13H21BrN2O2S/c1-12(2,3)19(17)16-13(4,9-18-5)10-6-7-15-11(14)8-10/h6-8,16H,9H2,1-5H3. The molecule has 1 heterocycles. The lowest BCUT2D eigenvalue weighted by Gasteiger charge is -2.33. The zero-order chi connectivity index (χ0) is 14.7. The third kappa shape index (κ3) is 4.63. The topological polar surface area (TPSA) is 51.2 Å². The summed E-state index contributed by atoms with van der Waals surface area (Å²) in [6.45, 7) is 8.20. The number of nitrogens with zero attached hydrogens (tertiary/aromatic N) is 1. The van der Waals surface area contributed by atoms with Gasteiger partial charge in [-0.2, -0.15) is 0 Å². The summed E-state index contributed by atoms with van der Waals surface area (Å²) in [5, 5.41) is 0. The molecule has 1 aromatic rings. The van der Waals surface area contributed by atoms with Crippen molar-refractivity contribution in [2.24, 2.45) is 0 Å². The smallest absolute Gasteiger partial charge is 0.106 e. The Labute approximate surface area is 126 Å². The zero-order valence-corrected chi connectivity index (χ0v) is 14.4. The van der Waals surface area contributed by atoms with Gasteiger partial charge in [0.05, 0.1) is 27.9 Å². The molecule has 0 aliphatic heterocycles. The molecule has 0 aliphatic rings. The molecule has 0 aromatic carbocycles. The van der Waals surface area contributed by atoms with Crippen molar-refractivity contribution in [2.45, 2.75) is 38.0 Å². The number of methoxy groups -OCH3 is 1. The molecular formula is C13H21BrN2O2S. The first-order valence-electron chi connectivity index (χ1n) is 6.00. The van der Waals surface area contributed by atoms with Crippen LogP contribution in [0, 0.1) is 0 Å². The van der Waals surface area contributed by atoms with Crippen molar-refractivity contribution in [3.05, 3.63) is 28.5 Å². The number of pyridine rings is 1. The third-order valence-corrected chi connectivity index (χ3v) is 4.85. The van der Waals surface area contributed by atoms with Crippen molar-refractivity contribution < 1.29 is 8.95 Å². The van der Waals surface area contributed by atoms with Crippen LogP contribution in [0.25, 0.3) is 0 Å². The van der Waals surface area contributed by atoms with E-state index in [1.54, 1.807) is 13.3 Å². The van der Waals surface area contributed by atoms with Gasteiger partial charge in [0.25, 0.3) is 0 Å². The van der Waals surface area contributed by atoms with E-state index in [4.69, 9.17) is 4.74 Å². The van der Waals surface area contributed by atoms with E-state index in [0.717, 1.165) is 10.2 Å². The first-order chi connectivity index (χ1) is 8.69. The molecule has 19 heavy (non-hydrogen) atoms. The summed E-state index contributed by atoms with van der Waals surface area (Å²) in [6.07, 6.45) is 1.72. The second-order valence-electron chi connectivity index (χ2n) is 5.62. The van der Waals surface area contributed by atoms with Gasteiger partial charge in [-0.3, -0.25) is 0 Å². The Hall–Kier alpha value is -0.300. The molecule has 0 aliphatic carbocycles. The van der Waals surface area contributed by atoms with Crippen LogP contribution >= 0.6 is 15.9 Å². The maximum atomic E-state index is 12.3. The molecule has 2 unspecified atom stereocenters. The number of hydrogen-bond acceptors (Lipinski definition) is 3. The quantitative estimate of drug-likeness (QED) is 0.832. The minimum Gasteiger partial charge on any atom is -0.382 e. The highest BCUT2D eigenvalue weighted by atomic mass is 79.9. The fourth-order valence-electron chi connectivity index (χ4n) is 1.56. The number of rotatable bonds is 5. The fourth-order valence-corrected chi connectivity index (χ4v) is 2.82. The SMILES string of the molecule is COCC(C)(NS(=O)C(C)(C)C)c1ccnc(Br)c1. The van der Waals surface area contributed by atoms with Gasteiger partial charge in [-0.05, 0) is 61.3 Å². The number of hydrogen-bond donors (Lipinski definition) is 1. The Kier molecular flexibility index (Phi) is 5.67. The number of aromatic nitrogens is 1. The molecular weight excluding hydrogens is 328 g/mol. The van der Waals surface area contributed by atoms with E-state index in [-0.39, 0.29) is 4.75 Å². The Morgan fingerprint density at radius 2 is 2.05 bits per heavy atom. The van der Waals surface area contributed by atoms with Crippen LogP contribution in [0.3, 0.4) is 0 Å². The van der Waals surface area contributed by atoms with Crippen LogP contribution in [0.15, 0.2) is 22.9 Å². The van der Waals surface area contributed by atoms with E-state index in [9.17, 15) is 4.21 Å². The third-order valence-electron chi connectivity index (χ3n) is 2.67. The summed E-state index contributed by atoms with van der Waals surface area (Å²) in [5.41, 5.74) is 0.451. The van der Waals surface area contributed by atoms with Crippen molar-refractivity contribution in [1.82, 2.24) is 9.71 Å². The molecule has 1 rings (SSSR count). The Morgan fingerprint density at radius 3 is 2.53 bits per heavy atom. The molecule has 6 heteroatoms. The van der Waals surface area contributed by atoms with E-state index in [1.165, 1.54) is 0 Å². The lowest BCUT2D eigenvalue weighted by molar-refractivity contribution is 0.132. The largest absolute Gasteiger partial charge is 0.382 e. The summed E-state index contributed by atoms with van der Waals surface area (Å²) in [7, 11) is 0.454. The molecule has 4 nitrogen and oxygen atoms in total. The van der Waals surface area contributed by atoms with Crippen molar-refractivity contribution in [3.63, 3.8) is 0 Å². The predicted octanol–water partition coefficient (Wildman–Crippen LogP) is 2.76. The summed E-state index contributed by atoms with van der Waals surface area (Å²) < 4.78 is 21.2. The van der Waals surface area contributed by atoms with Crippen LogP contribution < -0.4 is 4.72 Å². The lowest BCUT2D eigenvalue weighted by Crippen LogP contribution is -2.48.